The minimum absolute atomic E-state index is 0.589. The summed E-state index contributed by atoms with van der Waals surface area (Å²) in [5, 5.41) is 3.70. The molecular formula is C17H34N2. The van der Waals surface area contributed by atoms with E-state index in [4.69, 9.17) is 0 Å². The zero-order valence-electron chi connectivity index (χ0n) is 13.4. The highest BCUT2D eigenvalue weighted by molar-refractivity contribution is 4.91. The van der Waals surface area contributed by atoms with Crippen molar-refractivity contribution in [3.05, 3.63) is 0 Å². The molecule has 2 aliphatic rings. The van der Waals surface area contributed by atoms with E-state index in [-0.39, 0.29) is 0 Å². The van der Waals surface area contributed by atoms with Crippen molar-refractivity contribution in [3.63, 3.8) is 0 Å². The van der Waals surface area contributed by atoms with E-state index < -0.39 is 0 Å². The summed E-state index contributed by atoms with van der Waals surface area (Å²) in [5.41, 5.74) is 0.589. The van der Waals surface area contributed by atoms with E-state index in [1.165, 1.54) is 71.2 Å². The molecule has 1 saturated carbocycles. The Morgan fingerprint density at radius 3 is 2.32 bits per heavy atom. The first-order valence-electron chi connectivity index (χ1n) is 8.56. The molecule has 1 N–H and O–H groups in total. The largest absolute Gasteiger partial charge is 0.316 e. The van der Waals surface area contributed by atoms with Crippen molar-refractivity contribution in [1.29, 1.82) is 0 Å². The molecule has 1 heterocycles. The van der Waals surface area contributed by atoms with Gasteiger partial charge >= 0.3 is 0 Å². The minimum atomic E-state index is 0.589. The lowest BCUT2D eigenvalue weighted by atomic mass is 9.83. The molecule has 0 aromatic rings. The van der Waals surface area contributed by atoms with Crippen LogP contribution in [0.5, 0.6) is 0 Å². The van der Waals surface area contributed by atoms with Crippen LogP contribution in [0.1, 0.15) is 59.3 Å². The lowest BCUT2D eigenvalue weighted by Crippen LogP contribution is -2.47. The lowest BCUT2D eigenvalue weighted by Gasteiger charge is -2.41. The first kappa shape index (κ1) is 15.3. The van der Waals surface area contributed by atoms with Crippen LogP contribution in [0.25, 0.3) is 0 Å². The fourth-order valence-electron chi connectivity index (χ4n) is 4.44. The molecule has 0 radical (unpaired) electrons. The van der Waals surface area contributed by atoms with E-state index in [0.717, 1.165) is 11.8 Å². The average molecular weight is 266 g/mol. The van der Waals surface area contributed by atoms with Crippen LogP contribution < -0.4 is 5.32 Å². The predicted octanol–water partition coefficient (Wildman–Crippen LogP) is 3.52. The maximum atomic E-state index is 3.70. The lowest BCUT2D eigenvalue weighted by molar-refractivity contribution is 0.0832. The van der Waals surface area contributed by atoms with Crippen molar-refractivity contribution in [3.8, 4) is 0 Å². The highest BCUT2D eigenvalue weighted by Crippen LogP contribution is 2.39. The predicted molar refractivity (Wildman–Crippen MR) is 83.4 cm³/mol. The summed E-state index contributed by atoms with van der Waals surface area (Å²) < 4.78 is 0. The van der Waals surface area contributed by atoms with Crippen molar-refractivity contribution in [1.82, 2.24) is 10.2 Å². The van der Waals surface area contributed by atoms with Crippen LogP contribution in [0.4, 0.5) is 0 Å². The zero-order valence-corrected chi connectivity index (χ0v) is 13.4. The number of rotatable bonds is 6. The first-order valence-corrected chi connectivity index (χ1v) is 8.56. The van der Waals surface area contributed by atoms with E-state index in [2.05, 4.69) is 31.0 Å². The van der Waals surface area contributed by atoms with Crippen molar-refractivity contribution in [2.75, 3.05) is 32.7 Å². The molecule has 0 bridgehead atoms. The average Bonchev–Trinajstić information content (AvgIpc) is 2.77. The van der Waals surface area contributed by atoms with Gasteiger partial charge in [-0.1, -0.05) is 33.6 Å². The second-order valence-electron chi connectivity index (χ2n) is 7.52. The third-order valence-electron chi connectivity index (χ3n) is 5.09. The van der Waals surface area contributed by atoms with Gasteiger partial charge in [-0.2, -0.15) is 0 Å². The Hall–Kier alpha value is -0.0800. The maximum absolute atomic E-state index is 3.70. The van der Waals surface area contributed by atoms with Gasteiger partial charge in [0.25, 0.3) is 0 Å². The highest BCUT2D eigenvalue weighted by atomic mass is 15.1. The van der Waals surface area contributed by atoms with Crippen LogP contribution in [0.3, 0.4) is 0 Å². The van der Waals surface area contributed by atoms with Crippen LogP contribution in [0.2, 0.25) is 0 Å². The van der Waals surface area contributed by atoms with Gasteiger partial charge in [-0.05, 0) is 49.5 Å². The Bertz CT molecular complexity index is 248. The van der Waals surface area contributed by atoms with Gasteiger partial charge in [0.1, 0.15) is 0 Å². The maximum Gasteiger partial charge on any atom is 0.00504 e. The molecule has 19 heavy (non-hydrogen) atoms. The molecule has 112 valence electrons. The second-order valence-corrected chi connectivity index (χ2v) is 7.52. The molecule has 0 amide bonds. The van der Waals surface area contributed by atoms with E-state index in [1.54, 1.807) is 0 Å². The van der Waals surface area contributed by atoms with Crippen LogP contribution in [0.15, 0.2) is 0 Å². The summed E-state index contributed by atoms with van der Waals surface area (Å²) in [4.78, 5) is 2.78. The Kier molecular flexibility index (Phi) is 5.70. The SMILES string of the molecule is CCCNCC1(CN2CC(C)CC(C)C2)CCCC1. The van der Waals surface area contributed by atoms with E-state index in [1.807, 2.05) is 0 Å². The molecular weight excluding hydrogens is 232 g/mol. The molecule has 2 rings (SSSR count). The number of hydrogen-bond acceptors (Lipinski definition) is 2. The number of nitrogens with one attached hydrogen (secondary N) is 1. The Morgan fingerprint density at radius 2 is 1.74 bits per heavy atom. The molecule has 0 spiro atoms. The van der Waals surface area contributed by atoms with Gasteiger partial charge in [0.15, 0.2) is 0 Å². The van der Waals surface area contributed by atoms with Gasteiger partial charge in [0.2, 0.25) is 0 Å². The van der Waals surface area contributed by atoms with Gasteiger partial charge in [0, 0.05) is 26.2 Å². The van der Waals surface area contributed by atoms with Crippen molar-refractivity contribution >= 4 is 0 Å². The monoisotopic (exact) mass is 266 g/mol. The molecule has 0 aromatic heterocycles. The molecule has 2 fully saturated rings. The number of nitrogens with zero attached hydrogens (tertiary/aromatic N) is 1. The summed E-state index contributed by atoms with van der Waals surface area (Å²) in [7, 11) is 0. The zero-order chi connectivity index (χ0) is 13.7. The van der Waals surface area contributed by atoms with Gasteiger partial charge in [-0.25, -0.2) is 0 Å². The van der Waals surface area contributed by atoms with E-state index in [9.17, 15) is 0 Å². The Labute approximate surface area is 120 Å². The van der Waals surface area contributed by atoms with Crippen LogP contribution in [-0.2, 0) is 0 Å². The number of piperidine rings is 1. The summed E-state index contributed by atoms with van der Waals surface area (Å²) >= 11 is 0. The fourth-order valence-corrected chi connectivity index (χ4v) is 4.44. The topological polar surface area (TPSA) is 15.3 Å². The molecule has 1 aliphatic carbocycles. The Balaban J connectivity index is 1.88. The van der Waals surface area contributed by atoms with Crippen molar-refractivity contribution < 1.29 is 0 Å². The summed E-state index contributed by atoms with van der Waals surface area (Å²) in [6.45, 7) is 13.6. The quantitative estimate of drug-likeness (QED) is 0.740. The number of likely N-dealkylation sites (tertiary alicyclic amines) is 1. The summed E-state index contributed by atoms with van der Waals surface area (Å²) in [5.74, 6) is 1.79. The molecule has 2 unspecified atom stereocenters. The van der Waals surface area contributed by atoms with Crippen LogP contribution >= 0.6 is 0 Å². The van der Waals surface area contributed by atoms with E-state index >= 15 is 0 Å². The number of hydrogen-bond donors (Lipinski definition) is 1. The molecule has 1 aliphatic heterocycles. The first-order chi connectivity index (χ1) is 9.13. The third kappa shape index (κ3) is 4.46. The molecule has 2 nitrogen and oxygen atoms in total. The van der Waals surface area contributed by atoms with Crippen LogP contribution in [0, 0.1) is 17.3 Å². The Morgan fingerprint density at radius 1 is 1.11 bits per heavy atom. The van der Waals surface area contributed by atoms with Gasteiger partial charge in [0.05, 0.1) is 0 Å². The molecule has 2 heteroatoms. The van der Waals surface area contributed by atoms with Gasteiger partial charge < -0.3 is 10.2 Å². The highest BCUT2D eigenvalue weighted by Gasteiger charge is 2.36. The third-order valence-corrected chi connectivity index (χ3v) is 5.09. The van der Waals surface area contributed by atoms with Crippen LogP contribution in [-0.4, -0.2) is 37.6 Å². The normalized spacial score (nSPS) is 31.7. The molecule has 0 aromatic carbocycles. The summed E-state index contributed by atoms with van der Waals surface area (Å²) in [6.07, 6.45) is 8.48. The standard InChI is InChI=1S/C17H34N2/c1-4-9-18-13-17(7-5-6-8-17)14-19-11-15(2)10-16(3)12-19/h15-16,18H,4-14H2,1-3H3. The van der Waals surface area contributed by atoms with Crippen molar-refractivity contribution in [2.24, 2.45) is 17.3 Å². The van der Waals surface area contributed by atoms with Gasteiger partial charge in [-0.15, -0.1) is 0 Å². The van der Waals surface area contributed by atoms with Gasteiger partial charge in [-0.3, -0.25) is 0 Å². The smallest absolute Gasteiger partial charge is 0.00504 e. The summed E-state index contributed by atoms with van der Waals surface area (Å²) in [6, 6.07) is 0. The minimum Gasteiger partial charge on any atom is -0.316 e. The molecule has 1 saturated heterocycles. The second kappa shape index (κ2) is 7.08. The molecule has 2 atom stereocenters. The fraction of sp³-hybridized carbons (Fsp3) is 1.00. The van der Waals surface area contributed by atoms with E-state index in [0.29, 0.717) is 5.41 Å². The van der Waals surface area contributed by atoms with Crippen molar-refractivity contribution in [2.45, 2.75) is 59.3 Å².